The standard InChI is InChI=1S/C15H25N3O3S/c1-5-18(6-2)22(20,21)14-9-7-8-13(10-14)15(19)17(4)12(3)11-16/h7-10,12H,5-6,11,16H2,1-4H3. The van der Waals surface area contributed by atoms with E-state index in [9.17, 15) is 13.2 Å². The molecule has 22 heavy (non-hydrogen) atoms. The molecule has 0 saturated heterocycles. The molecular weight excluding hydrogens is 302 g/mol. The number of likely N-dealkylation sites (N-methyl/N-ethyl adjacent to an activating group) is 1. The summed E-state index contributed by atoms with van der Waals surface area (Å²) in [6.07, 6.45) is 0. The molecule has 0 spiro atoms. The van der Waals surface area contributed by atoms with Crippen molar-refractivity contribution in [3.8, 4) is 0 Å². The number of hydrogen-bond donors (Lipinski definition) is 1. The molecule has 1 rings (SSSR count). The molecule has 0 aliphatic heterocycles. The van der Waals surface area contributed by atoms with E-state index >= 15 is 0 Å². The molecular formula is C15H25N3O3S. The lowest BCUT2D eigenvalue weighted by Crippen LogP contribution is -2.39. The lowest BCUT2D eigenvalue weighted by atomic mass is 10.2. The van der Waals surface area contributed by atoms with Crippen molar-refractivity contribution in [1.29, 1.82) is 0 Å². The zero-order valence-corrected chi connectivity index (χ0v) is 14.4. The molecule has 1 unspecified atom stereocenters. The highest BCUT2D eigenvalue weighted by Gasteiger charge is 2.23. The fraction of sp³-hybridized carbons (Fsp3) is 0.533. The first kappa shape index (κ1) is 18.6. The second-order valence-electron chi connectivity index (χ2n) is 5.12. The van der Waals surface area contributed by atoms with Gasteiger partial charge in [0.15, 0.2) is 0 Å². The molecule has 1 amide bonds. The average Bonchev–Trinajstić information content (AvgIpc) is 2.53. The summed E-state index contributed by atoms with van der Waals surface area (Å²) < 4.78 is 26.4. The number of nitrogens with two attached hydrogens (primary N) is 1. The topological polar surface area (TPSA) is 83.7 Å². The van der Waals surface area contributed by atoms with Gasteiger partial charge in [-0.2, -0.15) is 4.31 Å². The van der Waals surface area contributed by atoms with Gasteiger partial charge in [-0.3, -0.25) is 4.79 Å². The van der Waals surface area contributed by atoms with E-state index in [2.05, 4.69) is 0 Å². The predicted molar refractivity (Wildman–Crippen MR) is 87.2 cm³/mol. The second-order valence-corrected chi connectivity index (χ2v) is 7.06. The van der Waals surface area contributed by atoms with E-state index in [1.54, 1.807) is 33.0 Å². The van der Waals surface area contributed by atoms with Crippen LogP contribution in [0.3, 0.4) is 0 Å². The van der Waals surface area contributed by atoms with Crippen LogP contribution < -0.4 is 5.73 Å². The molecule has 1 aromatic carbocycles. The zero-order valence-electron chi connectivity index (χ0n) is 13.6. The Morgan fingerprint density at radius 2 is 1.86 bits per heavy atom. The maximum atomic E-state index is 12.5. The highest BCUT2D eigenvalue weighted by atomic mass is 32.2. The molecule has 2 N–H and O–H groups in total. The van der Waals surface area contributed by atoms with E-state index in [-0.39, 0.29) is 16.8 Å². The number of rotatable bonds is 7. The van der Waals surface area contributed by atoms with Gasteiger partial charge in [0.2, 0.25) is 10.0 Å². The first-order valence-electron chi connectivity index (χ1n) is 7.37. The molecule has 0 saturated carbocycles. The molecule has 0 aliphatic rings. The first-order chi connectivity index (χ1) is 10.3. The molecule has 0 bridgehead atoms. The van der Waals surface area contributed by atoms with Crippen LogP contribution in [0.1, 0.15) is 31.1 Å². The molecule has 0 fully saturated rings. The van der Waals surface area contributed by atoms with Gasteiger partial charge in [0.05, 0.1) is 4.90 Å². The Bertz CT molecular complexity index is 612. The van der Waals surface area contributed by atoms with Crippen LogP contribution >= 0.6 is 0 Å². The van der Waals surface area contributed by atoms with Crippen molar-refractivity contribution in [1.82, 2.24) is 9.21 Å². The summed E-state index contributed by atoms with van der Waals surface area (Å²) in [4.78, 5) is 14.0. The molecule has 0 aromatic heterocycles. The van der Waals surface area contributed by atoms with Gasteiger partial charge < -0.3 is 10.6 Å². The maximum absolute atomic E-state index is 12.5. The van der Waals surface area contributed by atoms with Gasteiger partial charge in [-0.25, -0.2) is 8.42 Å². The fourth-order valence-electron chi connectivity index (χ4n) is 2.06. The Morgan fingerprint density at radius 3 is 2.36 bits per heavy atom. The lowest BCUT2D eigenvalue weighted by Gasteiger charge is -2.24. The van der Waals surface area contributed by atoms with Crippen molar-refractivity contribution in [2.75, 3.05) is 26.7 Å². The van der Waals surface area contributed by atoms with E-state index < -0.39 is 10.0 Å². The molecule has 0 heterocycles. The highest BCUT2D eigenvalue weighted by molar-refractivity contribution is 7.89. The Morgan fingerprint density at radius 1 is 1.27 bits per heavy atom. The summed E-state index contributed by atoms with van der Waals surface area (Å²) in [6, 6.07) is 6.02. The zero-order chi connectivity index (χ0) is 16.9. The van der Waals surface area contributed by atoms with Gasteiger partial charge >= 0.3 is 0 Å². The van der Waals surface area contributed by atoms with Crippen LogP contribution in [-0.2, 0) is 10.0 Å². The summed E-state index contributed by atoms with van der Waals surface area (Å²) in [7, 11) is -1.91. The van der Waals surface area contributed by atoms with Crippen molar-refractivity contribution < 1.29 is 13.2 Å². The van der Waals surface area contributed by atoms with Gasteiger partial charge in [-0.15, -0.1) is 0 Å². The van der Waals surface area contributed by atoms with Crippen LogP contribution in [0.15, 0.2) is 29.2 Å². The van der Waals surface area contributed by atoms with Crippen LogP contribution in [0.5, 0.6) is 0 Å². The Labute approximate surface area is 132 Å². The molecule has 7 heteroatoms. The summed E-state index contributed by atoms with van der Waals surface area (Å²) in [5, 5.41) is 0. The lowest BCUT2D eigenvalue weighted by molar-refractivity contribution is 0.0748. The summed E-state index contributed by atoms with van der Waals surface area (Å²) in [6.45, 7) is 6.54. The quantitative estimate of drug-likeness (QED) is 0.814. The van der Waals surface area contributed by atoms with E-state index in [0.29, 0.717) is 25.2 Å². The number of hydrogen-bond acceptors (Lipinski definition) is 4. The van der Waals surface area contributed by atoms with Crippen LogP contribution in [0.4, 0.5) is 0 Å². The van der Waals surface area contributed by atoms with Crippen LogP contribution in [0.25, 0.3) is 0 Å². The van der Waals surface area contributed by atoms with Gasteiger partial charge in [0.25, 0.3) is 5.91 Å². The molecule has 0 aliphatic carbocycles. The summed E-state index contributed by atoms with van der Waals surface area (Å²) in [5.74, 6) is -0.241. The van der Waals surface area contributed by atoms with Gasteiger partial charge in [0.1, 0.15) is 0 Å². The van der Waals surface area contributed by atoms with Crippen LogP contribution in [-0.4, -0.2) is 56.3 Å². The summed E-state index contributed by atoms with van der Waals surface area (Å²) in [5.41, 5.74) is 5.91. The number of benzene rings is 1. The van der Waals surface area contributed by atoms with E-state index in [0.717, 1.165) is 0 Å². The SMILES string of the molecule is CCN(CC)S(=O)(=O)c1cccc(C(=O)N(C)C(C)CN)c1. The maximum Gasteiger partial charge on any atom is 0.253 e. The highest BCUT2D eigenvalue weighted by Crippen LogP contribution is 2.18. The number of carbonyl (C=O) groups excluding carboxylic acids is 1. The average molecular weight is 327 g/mol. The van der Waals surface area contributed by atoms with E-state index in [1.807, 2.05) is 6.92 Å². The molecule has 1 aromatic rings. The number of nitrogens with zero attached hydrogens (tertiary/aromatic N) is 2. The molecule has 0 radical (unpaired) electrons. The minimum atomic E-state index is -3.57. The predicted octanol–water partition coefficient (Wildman–Crippen LogP) is 1.14. The van der Waals surface area contributed by atoms with Crippen molar-refractivity contribution >= 4 is 15.9 Å². The molecule has 1 atom stereocenters. The largest absolute Gasteiger partial charge is 0.338 e. The summed E-state index contributed by atoms with van der Waals surface area (Å²) >= 11 is 0. The number of carbonyl (C=O) groups is 1. The first-order valence-corrected chi connectivity index (χ1v) is 8.81. The van der Waals surface area contributed by atoms with Crippen molar-refractivity contribution in [3.63, 3.8) is 0 Å². The Kier molecular flexibility index (Phi) is 6.52. The van der Waals surface area contributed by atoms with Crippen LogP contribution in [0, 0.1) is 0 Å². The van der Waals surface area contributed by atoms with Gasteiger partial charge in [-0.05, 0) is 25.1 Å². The van der Waals surface area contributed by atoms with Gasteiger partial charge in [-0.1, -0.05) is 19.9 Å². The van der Waals surface area contributed by atoms with Gasteiger partial charge in [0, 0.05) is 38.3 Å². The van der Waals surface area contributed by atoms with Crippen LogP contribution in [0.2, 0.25) is 0 Å². The number of sulfonamides is 1. The third kappa shape index (κ3) is 3.85. The Hall–Kier alpha value is -1.44. The molecule has 6 nitrogen and oxygen atoms in total. The Balaban J connectivity index is 3.17. The normalized spacial score (nSPS) is 13.2. The fourth-order valence-corrected chi connectivity index (χ4v) is 3.57. The minimum Gasteiger partial charge on any atom is -0.338 e. The van der Waals surface area contributed by atoms with Crippen molar-refractivity contribution in [3.05, 3.63) is 29.8 Å². The van der Waals surface area contributed by atoms with Crippen molar-refractivity contribution in [2.24, 2.45) is 5.73 Å². The minimum absolute atomic E-state index is 0.115. The van der Waals surface area contributed by atoms with Crippen molar-refractivity contribution in [2.45, 2.75) is 31.7 Å². The van der Waals surface area contributed by atoms with E-state index in [1.165, 1.54) is 21.3 Å². The number of amides is 1. The second kappa shape index (κ2) is 7.71. The molecule has 124 valence electrons. The van der Waals surface area contributed by atoms with E-state index in [4.69, 9.17) is 5.73 Å². The monoisotopic (exact) mass is 327 g/mol. The smallest absolute Gasteiger partial charge is 0.253 e. The third-order valence-corrected chi connectivity index (χ3v) is 5.79. The third-order valence-electron chi connectivity index (χ3n) is 3.75.